The number of nitrogens with zero attached hydrogens (tertiary/aromatic N) is 1. The lowest BCUT2D eigenvalue weighted by Crippen LogP contribution is -2.46. The van der Waals surface area contributed by atoms with Crippen molar-refractivity contribution in [3.05, 3.63) is 47.8 Å². The average Bonchev–Trinajstić information content (AvgIpc) is 2.85. The van der Waals surface area contributed by atoms with Gasteiger partial charge in [0.1, 0.15) is 12.4 Å². The second-order valence-corrected chi connectivity index (χ2v) is 6.21. The van der Waals surface area contributed by atoms with Crippen LogP contribution in [-0.4, -0.2) is 35.4 Å². The molecule has 2 N–H and O–H groups in total. The van der Waals surface area contributed by atoms with E-state index >= 15 is 0 Å². The van der Waals surface area contributed by atoms with E-state index in [1.807, 2.05) is 12.3 Å². The number of hydrogen-bond acceptors (Lipinski definition) is 4. The molecule has 1 aliphatic carbocycles. The van der Waals surface area contributed by atoms with Crippen molar-refractivity contribution < 1.29 is 9.84 Å². The number of ether oxygens (including phenoxy) is 1. The Hall–Kier alpha value is -1.91. The van der Waals surface area contributed by atoms with E-state index in [2.05, 4.69) is 28.5 Å². The highest BCUT2D eigenvalue weighted by Crippen LogP contribution is 2.29. The average molecular weight is 296 g/mol. The fourth-order valence-electron chi connectivity index (χ4n) is 3.12. The van der Waals surface area contributed by atoms with Crippen LogP contribution in [0.15, 0.2) is 36.7 Å². The molecule has 1 aromatic carbocycles. The number of aromatic nitrogens is 1. The molecule has 114 valence electrons. The van der Waals surface area contributed by atoms with Crippen LogP contribution in [0.4, 0.5) is 0 Å². The maximum Gasteiger partial charge on any atom is 0.138 e. The highest BCUT2D eigenvalue weighted by Gasteiger charge is 2.20. The molecule has 2 aromatic rings. The van der Waals surface area contributed by atoms with Crippen LogP contribution >= 0.6 is 0 Å². The van der Waals surface area contributed by atoms with Crippen LogP contribution in [0.1, 0.15) is 17.5 Å². The third kappa shape index (κ3) is 2.72. The molecule has 1 fully saturated rings. The van der Waals surface area contributed by atoms with Crippen LogP contribution in [-0.2, 0) is 12.8 Å². The summed E-state index contributed by atoms with van der Waals surface area (Å²) in [5.41, 5.74) is 4.69. The van der Waals surface area contributed by atoms with Crippen molar-refractivity contribution in [1.29, 1.82) is 0 Å². The molecule has 0 bridgehead atoms. The van der Waals surface area contributed by atoms with Crippen molar-refractivity contribution in [2.75, 3.05) is 13.2 Å². The van der Waals surface area contributed by atoms with Crippen LogP contribution in [0, 0.1) is 0 Å². The van der Waals surface area contributed by atoms with E-state index in [0.717, 1.165) is 36.3 Å². The number of rotatable bonds is 4. The van der Waals surface area contributed by atoms with Gasteiger partial charge in [-0.1, -0.05) is 18.2 Å². The quantitative estimate of drug-likeness (QED) is 0.905. The van der Waals surface area contributed by atoms with E-state index in [1.165, 1.54) is 17.5 Å². The Kier molecular flexibility index (Phi) is 3.56. The summed E-state index contributed by atoms with van der Waals surface area (Å²) >= 11 is 0. The lowest BCUT2D eigenvalue weighted by molar-refractivity contribution is 0.187. The van der Waals surface area contributed by atoms with Gasteiger partial charge in [0.25, 0.3) is 0 Å². The molecule has 1 aliphatic heterocycles. The first kappa shape index (κ1) is 13.7. The van der Waals surface area contributed by atoms with Crippen molar-refractivity contribution in [3.8, 4) is 16.9 Å². The summed E-state index contributed by atoms with van der Waals surface area (Å²) in [6.07, 6.45) is 6.10. The van der Waals surface area contributed by atoms with Gasteiger partial charge in [-0.25, -0.2) is 0 Å². The van der Waals surface area contributed by atoms with Crippen molar-refractivity contribution in [2.24, 2.45) is 0 Å². The van der Waals surface area contributed by atoms with Gasteiger partial charge in [0.05, 0.1) is 12.3 Å². The van der Waals surface area contributed by atoms with Gasteiger partial charge < -0.3 is 15.2 Å². The van der Waals surface area contributed by atoms with Crippen LogP contribution < -0.4 is 10.1 Å². The summed E-state index contributed by atoms with van der Waals surface area (Å²) in [5.74, 6) is 0.812. The predicted molar refractivity (Wildman–Crippen MR) is 85.0 cm³/mol. The molecule has 2 atom stereocenters. The van der Waals surface area contributed by atoms with E-state index in [4.69, 9.17) is 4.74 Å². The summed E-state index contributed by atoms with van der Waals surface area (Å²) in [6, 6.07) is 8.90. The first-order valence-electron chi connectivity index (χ1n) is 7.89. The van der Waals surface area contributed by atoms with Gasteiger partial charge in [-0.15, -0.1) is 0 Å². The zero-order valence-corrected chi connectivity index (χ0v) is 12.5. The Balaban J connectivity index is 1.53. The zero-order chi connectivity index (χ0) is 14.9. The van der Waals surface area contributed by atoms with Crippen molar-refractivity contribution >= 4 is 0 Å². The summed E-state index contributed by atoms with van der Waals surface area (Å²) in [5, 5.41) is 13.1. The van der Waals surface area contributed by atoms with E-state index in [0.29, 0.717) is 12.6 Å². The molecule has 1 aromatic heterocycles. The molecule has 0 unspecified atom stereocenters. The maximum absolute atomic E-state index is 9.77. The SMILES string of the molecule is O[C@@H]1Cc2ccc(-c3cncc(OC[C@@H]4CCN4)c3)cc2C1. The molecular formula is C18H20N2O2. The Bertz CT molecular complexity index is 683. The Labute approximate surface area is 130 Å². The normalized spacial score (nSPS) is 23.0. The minimum Gasteiger partial charge on any atom is -0.490 e. The Morgan fingerprint density at radius 3 is 2.82 bits per heavy atom. The van der Waals surface area contributed by atoms with E-state index in [-0.39, 0.29) is 6.10 Å². The van der Waals surface area contributed by atoms with Gasteiger partial charge in [-0.3, -0.25) is 4.98 Å². The number of fused-ring (bicyclic) bond motifs is 1. The van der Waals surface area contributed by atoms with Gasteiger partial charge in [-0.05, 0) is 48.6 Å². The van der Waals surface area contributed by atoms with E-state index in [9.17, 15) is 5.11 Å². The van der Waals surface area contributed by atoms with Gasteiger partial charge in [0.15, 0.2) is 0 Å². The molecule has 4 heteroatoms. The van der Waals surface area contributed by atoms with Crippen LogP contribution in [0.3, 0.4) is 0 Å². The lowest BCUT2D eigenvalue weighted by atomic mass is 10.0. The number of nitrogens with one attached hydrogen (secondary N) is 1. The smallest absolute Gasteiger partial charge is 0.138 e. The fraction of sp³-hybridized carbons (Fsp3) is 0.389. The summed E-state index contributed by atoms with van der Waals surface area (Å²) in [6.45, 7) is 1.79. The molecule has 22 heavy (non-hydrogen) atoms. The molecule has 0 amide bonds. The fourth-order valence-corrected chi connectivity index (χ4v) is 3.12. The third-order valence-corrected chi connectivity index (χ3v) is 4.54. The minimum atomic E-state index is -0.229. The first-order chi connectivity index (χ1) is 10.8. The van der Waals surface area contributed by atoms with Gasteiger partial charge in [-0.2, -0.15) is 0 Å². The Morgan fingerprint density at radius 2 is 2.00 bits per heavy atom. The van der Waals surface area contributed by atoms with E-state index in [1.54, 1.807) is 6.20 Å². The molecule has 0 spiro atoms. The maximum atomic E-state index is 9.77. The first-order valence-corrected chi connectivity index (χ1v) is 7.89. The molecule has 4 rings (SSSR count). The summed E-state index contributed by atoms with van der Waals surface area (Å²) < 4.78 is 5.82. The van der Waals surface area contributed by atoms with Gasteiger partial charge >= 0.3 is 0 Å². The second kappa shape index (κ2) is 5.71. The largest absolute Gasteiger partial charge is 0.490 e. The monoisotopic (exact) mass is 296 g/mol. The second-order valence-electron chi connectivity index (χ2n) is 6.21. The highest BCUT2D eigenvalue weighted by molar-refractivity contribution is 5.65. The molecule has 1 saturated heterocycles. The van der Waals surface area contributed by atoms with Crippen LogP contribution in [0.5, 0.6) is 5.75 Å². The number of hydrogen-bond donors (Lipinski definition) is 2. The zero-order valence-electron chi connectivity index (χ0n) is 12.5. The predicted octanol–water partition coefficient (Wildman–Crippen LogP) is 1.95. The molecule has 2 heterocycles. The van der Waals surface area contributed by atoms with Crippen molar-refractivity contribution in [1.82, 2.24) is 10.3 Å². The highest BCUT2D eigenvalue weighted by atomic mass is 16.5. The van der Waals surface area contributed by atoms with Crippen molar-refractivity contribution in [3.63, 3.8) is 0 Å². The number of aliphatic hydroxyl groups is 1. The minimum absolute atomic E-state index is 0.229. The standard InChI is InChI=1S/C18H20N2O2/c21-17-6-13-2-1-12(5-14(13)7-17)15-8-18(10-19-9-15)22-11-16-3-4-20-16/h1-2,5,8-10,16-17,20-21H,3-4,6-7,11H2/t16-,17+/m0/s1. The summed E-state index contributed by atoms with van der Waals surface area (Å²) in [4.78, 5) is 4.30. The third-order valence-electron chi connectivity index (χ3n) is 4.54. The number of pyridine rings is 1. The topological polar surface area (TPSA) is 54.4 Å². The van der Waals surface area contributed by atoms with Crippen LogP contribution in [0.2, 0.25) is 0 Å². The van der Waals surface area contributed by atoms with Crippen molar-refractivity contribution in [2.45, 2.75) is 31.4 Å². The number of benzene rings is 1. The summed E-state index contributed by atoms with van der Waals surface area (Å²) in [7, 11) is 0. The molecule has 0 radical (unpaired) electrons. The van der Waals surface area contributed by atoms with Gasteiger partial charge in [0.2, 0.25) is 0 Å². The lowest BCUT2D eigenvalue weighted by Gasteiger charge is -2.27. The molecule has 4 nitrogen and oxygen atoms in total. The molecular weight excluding hydrogens is 276 g/mol. The molecule has 0 saturated carbocycles. The molecule has 2 aliphatic rings. The Morgan fingerprint density at radius 1 is 1.14 bits per heavy atom. The number of aliphatic hydroxyl groups excluding tert-OH is 1. The van der Waals surface area contributed by atoms with Gasteiger partial charge in [0, 0.05) is 17.8 Å². The van der Waals surface area contributed by atoms with Crippen LogP contribution in [0.25, 0.3) is 11.1 Å². The van der Waals surface area contributed by atoms with E-state index < -0.39 is 0 Å².